The number of aliphatic hydroxyl groups is 2. The smallest absolute Gasteiger partial charge is 0.306 e. The van der Waals surface area contributed by atoms with Crippen molar-refractivity contribution in [1.82, 2.24) is 0 Å². The van der Waals surface area contributed by atoms with Crippen molar-refractivity contribution >= 4 is 17.5 Å². The molecule has 0 aromatic heterocycles. The van der Waals surface area contributed by atoms with E-state index < -0.39 is 35.5 Å². The summed E-state index contributed by atoms with van der Waals surface area (Å²) >= 11 is 0. The van der Waals surface area contributed by atoms with Gasteiger partial charge in [-0.1, -0.05) is 33.3 Å². The standard InChI is InChI=1S/C26H38O6/c1-5-6-21(31)32-26(20(30)15-27)12-9-19-24(3)10-7-16-13-17(28)8-11-23(16,2)22(24)18(29)14-25(19,26)4/h13,18-19,22,27,29H,5-12,14-15H2,1-4H3/t18-,19-,22+,23-,24-,25-,26-/m0/s1. The third-order valence-corrected chi connectivity index (χ3v) is 9.92. The van der Waals surface area contributed by atoms with E-state index in [1.165, 1.54) is 0 Å². The molecule has 0 aromatic carbocycles. The molecule has 2 N–H and O–H groups in total. The van der Waals surface area contributed by atoms with E-state index in [2.05, 4.69) is 13.8 Å². The van der Waals surface area contributed by atoms with Gasteiger partial charge in [0, 0.05) is 18.3 Å². The number of Topliss-reactive ketones (excluding diaryl/α,β-unsaturated/α-hetero) is 1. The van der Waals surface area contributed by atoms with Gasteiger partial charge in [0.2, 0.25) is 5.78 Å². The van der Waals surface area contributed by atoms with E-state index in [1.54, 1.807) is 0 Å². The minimum absolute atomic E-state index is 0.0208. The quantitative estimate of drug-likeness (QED) is 0.627. The SMILES string of the molecule is CCCC(=O)O[C@]1(C(=O)CO)CC[C@H]2[C@]3(C)CCC4=CC(=O)CC[C@]4(C)[C@H]3[C@@H](O)C[C@@]21C. The zero-order valence-electron chi connectivity index (χ0n) is 19.9. The van der Waals surface area contributed by atoms with Gasteiger partial charge < -0.3 is 14.9 Å². The van der Waals surface area contributed by atoms with Crippen LogP contribution in [0.15, 0.2) is 11.6 Å². The maximum absolute atomic E-state index is 13.2. The van der Waals surface area contributed by atoms with Crippen molar-refractivity contribution in [2.45, 2.75) is 97.2 Å². The highest BCUT2D eigenvalue weighted by molar-refractivity contribution is 5.92. The molecule has 7 atom stereocenters. The second kappa shape index (κ2) is 7.76. The lowest BCUT2D eigenvalue weighted by atomic mass is 9.40. The topological polar surface area (TPSA) is 101 Å². The van der Waals surface area contributed by atoms with Crippen LogP contribution in [0.4, 0.5) is 0 Å². The highest BCUT2D eigenvalue weighted by Crippen LogP contribution is 2.73. The van der Waals surface area contributed by atoms with Gasteiger partial charge in [-0.2, -0.15) is 0 Å². The molecule has 4 aliphatic carbocycles. The second-order valence-corrected chi connectivity index (χ2v) is 11.4. The molecule has 4 aliphatic rings. The van der Waals surface area contributed by atoms with Gasteiger partial charge >= 0.3 is 5.97 Å². The Labute approximate surface area is 190 Å². The molecule has 4 rings (SSSR count). The van der Waals surface area contributed by atoms with E-state index in [9.17, 15) is 24.6 Å². The minimum Gasteiger partial charge on any atom is -0.450 e. The number of hydrogen-bond acceptors (Lipinski definition) is 6. The van der Waals surface area contributed by atoms with Crippen molar-refractivity contribution < 1.29 is 29.3 Å². The molecular weight excluding hydrogens is 408 g/mol. The molecule has 0 radical (unpaired) electrons. The van der Waals surface area contributed by atoms with Crippen LogP contribution >= 0.6 is 0 Å². The van der Waals surface area contributed by atoms with Gasteiger partial charge in [0.1, 0.15) is 6.61 Å². The molecule has 178 valence electrons. The summed E-state index contributed by atoms with van der Waals surface area (Å²) in [5.74, 6) is -0.638. The third-order valence-electron chi connectivity index (χ3n) is 9.92. The first-order valence-electron chi connectivity index (χ1n) is 12.3. The van der Waals surface area contributed by atoms with Crippen LogP contribution in [0.2, 0.25) is 0 Å². The van der Waals surface area contributed by atoms with Crippen LogP contribution in [0.5, 0.6) is 0 Å². The van der Waals surface area contributed by atoms with Crippen LogP contribution in [0, 0.1) is 28.1 Å². The number of aliphatic hydroxyl groups excluding tert-OH is 2. The van der Waals surface area contributed by atoms with Crippen LogP contribution in [-0.4, -0.2) is 46.1 Å². The molecule has 0 aromatic rings. The Kier molecular flexibility index (Phi) is 5.73. The van der Waals surface area contributed by atoms with Gasteiger partial charge in [-0.05, 0) is 73.7 Å². The van der Waals surface area contributed by atoms with Gasteiger partial charge in [0.05, 0.1) is 6.10 Å². The van der Waals surface area contributed by atoms with E-state index in [1.807, 2.05) is 19.9 Å². The number of esters is 1. The number of fused-ring (bicyclic) bond motifs is 5. The molecule has 32 heavy (non-hydrogen) atoms. The Hall–Kier alpha value is -1.53. The van der Waals surface area contributed by atoms with Crippen LogP contribution in [0.25, 0.3) is 0 Å². The van der Waals surface area contributed by atoms with Gasteiger partial charge in [-0.3, -0.25) is 14.4 Å². The molecule has 0 heterocycles. The average Bonchev–Trinajstić information content (AvgIpc) is 3.01. The predicted molar refractivity (Wildman–Crippen MR) is 119 cm³/mol. The molecule has 0 saturated heterocycles. The van der Waals surface area contributed by atoms with Crippen molar-refractivity contribution in [3.63, 3.8) is 0 Å². The average molecular weight is 447 g/mol. The van der Waals surface area contributed by atoms with E-state index in [-0.39, 0.29) is 34.9 Å². The van der Waals surface area contributed by atoms with Gasteiger partial charge in [0.15, 0.2) is 11.4 Å². The largest absolute Gasteiger partial charge is 0.450 e. The summed E-state index contributed by atoms with van der Waals surface area (Å²) in [6.45, 7) is 7.63. The first kappa shape index (κ1) is 23.6. The summed E-state index contributed by atoms with van der Waals surface area (Å²) in [7, 11) is 0. The van der Waals surface area contributed by atoms with E-state index >= 15 is 0 Å². The molecule has 0 aliphatic heterocycles. The van der Waals surface area contributed by atoms with Gasteiger partial charge in [-0.25, -0.2) is 0 Å². The van der Waals surface area contributed by atoms with Crippen LogP contribution < -0.4 is 0 Å². The van der Waals surface area contributed by atoms with E-state index in [0.29, 0.717) is 25.7 Å². The molecule has 0 unspecified atom stereocenters. The zero-order valence-corrected chi connectivity index (χ0v) is 19.9. The van der Waals surface area contributed by atoms with Crippen molar-refractivity contribution in [3.05, 3.63) is 11.6 Å². The number of ketones is 2. The monoisotopic (exact) mass is 446 g/mol. The van der Waals surface area contributed by atoms with Gasteiger partial charge in [0.25, 0.3) is 0 Å². The summed E-state index contributed by atoms with van der Waals surface area (Å²) in [5, 5.41) is 21.5. The zero-order chi connectivity index (χ0) is 23.5. The molecule has 3 fully saturated rings. The maximum atomic E-state index is 13.2. The molecule has 0 amide bonds. The number of carbonyl (C=O) groups excluding carboxylic acids is 3. The lowest BCUT2D eigenvalue weighted by Gasteiger charge is -2.65. The lowest BCUT2D eigenvalue weighted by Crippen LogP contribution is -2.66. The number of ether oxygens (including phenoxy) is 1. The van der Waals surface area contributed by atoms with Crippen LogP contribution in [0.1, 0.15) is 85.5 Å². The summed E-state index contributed by atoms with van der Waals surface area (Å²) in [4.78, 5) is 37.9. The van der Waals surface area contributed by atoms with Crippen molar-refractivity contribution in [2.24, 2.45) is 28.1 Å². The Balaban J connectivity index is 1.78. The van der Waals surface area contributed by atoms with Crippen LogP contribution in [0.3, 0.4) is 0 Å². The number of allylic oxidation sites excluding steroid dienone is 1. The first-order valence-corrected chi connectivity index (χ1v) is 12.3. The maximum Gasteiger partial charge on any atom is 0.306 e. The first-order chi connectivity index (χ1) is 15.0. The van der Waals surface area contributed by atoms with Crippen molar-refractivity contribution in [3.8, 4) is 0 Å². The summed E-state index contributed by atoms with van der Waals surface area (Å²) in [6.07, 6.45) is 6.31. The minimum atomic E-state index is -1.40. The number of carbonyl (C=O) groups is 3. The van der Waals surface area contributed by atoms with Crippen molar-refractivity contribution in [2.75, 3.05) is 6.61 Å². The molecule has 0 bridgehead atoms. The Bertz CT molecular complexity index is 862. The Morgan fingerprint density at radius 3 is 2.53 bits per heavy atom. The predicted octanol–water partition coefficient (Wildman–Crippen LogP) is 3.52. The molecule has 6 heteroatoms. The summed E-state index contributed by atoms with van der Waals surface area (Å²) < 4.78 is 5.97. The fourth-order valence-corrected chi connectivity index (χ4v) is 8.64. The third kappa shape index (κ3) is 3.01. The number of rotatable bonds is 5. The molecule has 3 saturated carbocycles. The summed E-state index contributed by atoms with van der Waals surface area (Å²) in [6, 6.07) is 0. The van der Waals surface area contributed by atoms with Gasteiger partial charge in [-0.15, -0.1) is 0 Å². The Morgan fingerprint density at radius 1 is 1.16 bits per heavy atom. The van der Waals surface area contributed by atoms with E-state index in [4.69, 9.17) is 4.74 Å². The fraction of sp³-hybridized carbons (Fsp3) is 0.808. The van der Waals surface area contributed by atoms with E-state index in [0.717, 1.165) is 31.3 Å². The fourth-order valence-electron chi connectivity index (χ4n) is 8.64. The highest BCUT2D eigenvalue weighted by Gasteiger charge is 2.73. The normalized spacial score (nSPS) is 45.4. The Morgan fingerprint density at radius 2 is 1.88 bits per heavy atom. The lowest BCUT2D eigenvalue weighted by molar-refractivity contribution is -0.219. The van der Waals surface area contributed by atoms with Crippen LogP contribution in [-0.2, 0) is 19.1 Å². The molecule has 6 nitrogen and oxygen atoms in total. The second-order valence-electron chi connectivity index (χ2n) is 11.4. The molecule has 0 spiro atoms. The molecular formula is C26H38O6. The highest BCUT2D eigenvalue weighted by atomic mass is 16.6. The van der Waals surface area contributed by atoms with Crippen molar-refractivity contribution in [1.29, 1.82) is 0 Å². The number of hydrogen-bond donors (Lipinski definition) is 2. The summed E-state index contributed by atoms with van der Waals surface area (Å²) in [5.41, 5.74) is -1.49.